The number of nitrogens with one attached hydrogen (secondary N) is 1. The SMILES string of the molecule is CC(CC(C)(CO)NC1CC1)N1CCC(C(C)(C)C)CC1. The summed E-state index contributed by atoms with van der Waals surface area (Å²) < 4.78 is 0. The van der Waals surface area contributed by atoms with Crippen LogP contribution in [-0.2, 0) is 0 Å². The van der Waals surface area contributed by atoms with Crippen molar-refractivity contribution in [3.05, 3.63) is 0 Å². The number of hydrogen-bond acceptors (Lipinski definition) is 3. The van der Waals surface area contributed by atoms with Crippen molar-refractivity contribution in [1.29, 1.82) is 0 Å². The molecule has 0 radical (unpaired) electrons. The van der Waals surface area contributed by atoms with Crippen LogP contribution in [0, 0.1) is 11.3 Å². The Hall–Kier alpha value is -0.120. The molecule has 1 heterocycles. The van der Waals surface area contributed by atoms with Gasteiger partial charge in [-0.3, -0.25) is 0 Å². The maximum atomic E-state index is 9.78. The van der Waals surface area contributed by atoms with Crippen molar-refractivity contribution in [2.24, 2.45) is 11.3 Å². The van der Waals surface area contributed by atoms with Gasteiger partial charge in [-0.2, -0.15) is 0 Å². The van der Waals surface area contributed by atoms with Crippen LogP contribution in [0.5, 0.6) is 0 Å². The van der Waals surface area contributed by atoms with Crippen LogP contribution in [0.15, 0.2) is 0 Å². The van der Waals surface area contributed by atoms with E-state index in [4.69, 9.17) is 0 Å². The molecule has 1 saturated carbocycles. The van der Waals surface area contributed by atoms with E-state index in [0.717, 1.165) is 12.3 Å². The zero-order valence-corrected chi connectivity index (χ0v) is 14.8. The van der Waals surface area contributed by atoms with E-state index in [0.29, 0.717) is 17.5 Å². The molecule has 21 heavy (non-hydrogen) atoms. The van der Waals surface area contributed by atoms with E-state index < -0.39 is 0 Å². The Balaban J connectivity index is 1.82. The molecule has 1 saturated heterocycles. The van der Waals surface area contributed by atoms with Crippen LogP contribution in [0.3, 0.4) is 0 Å². The molecule has 2 aliphatic rings. The lowest BCUT2D eigenvalue weighted by Gasteiger charge is -2.43. The summed E-state index contributed by atoms with van der Waals surface area (Å²) in [5.74, 6) is 0.856. The highest BCUT2D eigenvalue weighted by atomic mass is 16.3. The van der Waals surface area contributed by atoms with Gasteiger partial charge in [0, 0.05) is 17.6 Å². The quantitative estimate of drug-likeness (QED) is 0.791. The van der Waals surface area contributed by atoms with Gasteiger partial charge >= 0.3 is 0 Å². The zero-order chi connectivity index (χ0) is 15.7. The molecule has 1 aliphatic carbocycles. The Morgan fingerprint density at radius 3 is 2.10 bits per heavy atom. The van der Waals surface area contributed by atoms with Crippen molar-refractivity contribution in [3.8, 4) is 0 Å². The smallest absolute Gasteiger partial charge is 0.0611 e. The van der Waals surface area contributed by atoms with Crippen LogP contribution < -0.4 is 5.32 Å². The standard InChI is InChI=1S/C18H36N2O/c1-14(12-18(5,13-21)19-16-6-7-16)20-10-8-15(9-11-20)17(2,3)4/h14-16,19,21H,6-13H2,1-5H3. The van der Waals surface area contributed by atoms with Gasteiger partial charge in [0.15, 0.2) is 0 Å². The van der Waals surface area contributed by atoms with E-state index in [1.54, 1.807) is 0 Å². The number of piperidine rings is 1. The fourth-order valence-electron chi connectivity index (χ4n) is 3.88. The maximum absolute atomic E-state index is 9.78. The van der Waals surface area contributed by atoms with Crippen molar-refractivity contribution in [2.45, 2.75) is 84.3 Å². The fraction of sp³-hybridized carbons (Fsp3) is 1.00. The van der Waals surface area contributed by atoms with Gasteiger partial charge in [-0.15, -0.1) is 0 Å². The van der Waals surface area contributed by atoms with E-state index in [9.17, 15) is 5.11 Å². The van der Waals surface area contributed by atoms with E-state index >= 15 is 0 Å². The normalized spacial score (nSPS) is 26.6. The molecule has 0 spiro atoms. The van der Waals surface area contributed by atoms with Crippen molar-refractivity contribution < 1.29 is 5.11 Å². The molecular formula is C18H36N2O. The lowest BCUT2D eigenvalue weighted by Crippen LogP contribution is -2.52. The van der Waals surface area contributed by atoms with Crippen molar-refractivity contribution in [1.82, 2.24) is 10.2 Å². The monoisotopic (exact) mass is 296 g/mol. The van der Waals surface area contributed by atoms with Crippen LogP contribution in [-0.4, -0.2) is 47.3 Å². The molecule has 3 heteroatoms. The van der Waals surface area contributed by atoms with Gasteiger partial charge in [0.25, 0.3) is 0 Å². The summed E-state index contributed by atoms with van der Waals surface area (Å²) in [5, 5.41) is 13.4. The lowest BCUT2D eigenvalue weighted by atomic mass is 9.75. The third-order valence-electron chi connectivity index (χ3n) is 5.60. The molecule has 0 aromatic carbocycles. The largest absolute Gasteiger partial charge is 0.394 e. The summed E-state index contributed by atoms with van der Waals surface area (Å²) in [4.78, 5) is 2.63. The molecule has 0 aromatic rings. The molecule has 2 fully saturated rings. The predicted molar refractivity (Wildman–Crippen MR) is 89.5 cm³/mol. The van der Waals surface area contributed by atoms with Crippen LogP contribution in [0.4, 0.5) is 0 Å². The third-order valence-corrected chi connectivity index (χ3v) is 5.60. The summed E-state index contributed by atoms with van der Waals surface area (Å²) in [6.07, 6.45) is 6.24. The molecule has 2 N–H and O–H groups in total. The van der Waals surface area contributed by atoms with Crippen molar-refractivity contribution >= 4 is 0 Å². The number of likely N-dealkylation sites (tertiary alicyclic amines) is 1. The molecule has 0 aromatic heterocycles. The second kappa shape index (κ2) is 6.55. The molecule has 0 bridgehead atoms. The lowest BCUT2D eigenvalue weighted by molar-refractivity contribution is 0.0631. The Morgan fingerprint density at radius 1 is 1.10 bits per heavy atom. The van der Waals surface area contributed by atoms with Crippen molar-refractivity contribution in [3.63, 3.8) is 0 Å². The molecule has 3 nitrogen and oxygen atoms in total. The highest BCUT2D eigenvalue weighted by Gasteiger charge is 2.36. The Kier molecular flexibility index (Phi) is 5.38. The Morgan fingerprint density at radius 2 is 1.67 bits per heavy atom. The number of rotatable bonds is 6. The highest BCUT2D eigenvalue weighted by molar-refractivity contribution is 4.95. The van der Waals surface area contributed by atoms with E-state index in [1.165, 1.54) is 38.8 Å². The van der Waals surface area contributed by atoms with E-state index in [-0.39, 0.29) is 12.1 Å². The second-order valence-corrected chi connectivity index (χ2v) is 8.87. The van der Waals surface area contributed by atoms with Gasteiger partial charge in [0.1, 0.15) is 0 Å². The van der Waals surface area contributed by atoms with Crippen LogP contribution in [0.1, 0.15) is 66.7 Å². The van der Waals surface area contributed by atoms with E-state index in [1.807, 2.05) is 0 Å². The first-order chi connectivity index (χ1) is 9.73. The van der Waals surface area contributed by atoms with Gasteiger partial charge in [-0.05, 0) is 70.4 Å². The molecule has 2 unspecified atom stereocenters. The molecular weight excluding hydrogens is 260 g/mol. The molecule has 124 valence electrons. The molecule has 2 rings (SSSR count). The average Bonchev–Trinajstić information content (AvgIpc) is 3.21. The first-order valence-corrected chi connectivity index (χ1v) is 8.86. The van der Waals surface area contributed by atoms with E-state index in [2.05, 4.69) is 44.8 Å². The number of nitrogens with zero attached hydrogens (tertiary/aromatic N) is 1. The minimum Gasteiger partial charge on any atom is -0.394 e. The first kappa shape index (κ1) is 17.2. The average molecular weight is 296 g/mol. The summed E-state index contributed by atoms with van der Waals surface area (Å²) in [7, 11) is 0. The molecule has 2 atom stereocenters. The number of aliphatic hydroxyl groups is 1. The second-order valence-electron chi connectivity index (χ2n) is 8.87. The van der Waals surface area contributed by atoms with Crippen LogP contribution >= 0.6 is 0 Å². The minimum atomic E-state index is -0.110. The van der Waals surface area contributed by atoms with Gasteiger partial charge in [0.05, 0.1) is 6.61 Å². The summed E-state index contributed by atoms with van der Waals surface area (Å²) >= 11 is 0. The fourth-order valence-corrected chi connectivity index (χ4v) is 3.88. The zero-order valence-electron chi connectivity index (χ0n) is 14.8. The molecule has 1 aliphatic heterocycles. The Bertz CT molecular complexity index is 327. The van der Waals surface area contributed by atoms with Gasteiger partial charge < -0.3 is 15.3 Å². The minimum absolute atomic E-state index is 0.110. The number of aliphatic hydroxyl groups excluding tert-OH is 1. The first-order valence-electron chi connectivity index (χ1n) is 8.86. The summed E-state index contributed by atoms with van der Waals surface area (Å²) in [6, 6.07) is 1.20. The number of hydrogen-bond donors (Lipinski definition) is 2. The van der Waals surface area contributed by atoms with Gasteiger partial charge in [-0.1, -0.05) is 20.8 Å². The topological polar surface area (TPSA) is 35.5 Å². The highest BCUT2D eigenvalue weighted by Crippen LogP contribution is 2.35. The third kappa shape index (κ3) is 4.94. The Labute approximate surface area is 131 Å². The summed E-state index contributed by atoms with van der Waals surface area (Å²) in [5.41, 5.74) is 0.337. The van der Waals surface area contributed by atoms with Gasteiger partial charge in [-0.25, -0.2) is 0 Å². The predicted octanol–water partition coefficient (Wildman–Crippen LogP) is 3.03. The van der Waals surface area contributed by atoms with Crippen molar-refractivity contribution in [2.75, 3.05) is 19.7 Å². The van der Waals surface area contributed by atoms with Gasteiger partial charge in [0.2, 0.25) is 0 Å². The molecule has 0 amide bonds. The van der Waals surface area contributed by atoms with Crippen LogP contribution in [0.25, 0.3) is 0 Å². The summed E-state index contributed by atoms with van der Waals surface area (Å²) in [6.45, 7) is 14.3. The maximum Gasteiger partial charge on any atom is 0.0611 e. The van der Waals surface area contributed by atoms with Crippen LogP contribution in [0.2, 0.25) is 0 Å².